The molecule has 0 heterocycles. The lowest BCUT2D eigenvalue weighted by atomic mass is 10.1. The molecular formula is C13H20O2. The van der Waals surface area contributed by atoms with Gasteiger partial charge in [-0.3, -0.25) is 0 Å². The molecule has 1 unspecified atom stereocenters. The lowest BCUT2D eigenvalue weighted by Crippen LogP contribution is -2.01. The van der Waals surface area contributed by atoms with Crippen molar-refractivity contribution in [3.8, 4) is 0 Å². The van der Waals surface area contributed by atoms with Crippen LogP contribution >= 0.6 is 0 Å². The molecular weight excluding hydrogens is 188 g/mol. The zero-order valence-corrected chi connectivity index (χ0v) is 9.36. The number of benzene rings is 1. The van der Waals surface area contributed by atoms with Gasteiger partial charge in [-0.2, -0.15) is 0 Å². The second kappa shape index (κ2) is 7.43. The van der Waals surface area contributed by atoms with Gasteiger partial charge in [0.15, 0.2) is 0 Å². The SMILES string of the molecule is CCCOCCCC(O)c1ccccc1. The third kappa shape index (κ3) is 4.96. The van der Waals surface area contributed by atoms with E-state index in [0.29, 0.717) is 0 Å². The summed E-state index contributed by atoms with van der Waals surface area (Å²) in [6.45, 7) is 3.66. The first-order valence-corrected chi connectivity index (χ1v) is 5.65. The van der Waals surface area contributed by atoms with Crippen molar-refractivity contribution in [3.05, 3.63) is 35.9 Å². The van der Waals surface area contributed by atoms with Gasteiger partial charge in [-0.05, 0) is 24.8 Å². The molecule has 0 spiro atoms. The van der Waals surface area contributed by atoms with E-state index in [4.69, 9.17) is 4.74 Å². The Morgan fingerprint density at radius 1 is 1.20 bits per heavy atom. The first kappa shape index (κ1) is 12.2. The zero-order valence-electron chi connectivity index (χ0n) is 9.36. The zero-order chi connectivity index (χ0) is 10.9. The topological polar surface area (TPSA) is 29.5 Å². The third-order valence-electron chi connectivity index (χ3n) is 2.30. The number of hydrogen-bond acceptors (Lipinski definition) is 2. The van der Waals surface area contributed by atoms with Gasteiger partial charge in [0.1, 0.15) is 0 Å². The number of rotatable bonds is 7. The smallest absolute Gasteiger partial charge is 0.0790 e. The summed E-state index contributed by atoms with van der Waals surface area (Å²) in [5, 5.41) is 9.82. The van der Waals surface area contributed by atoms with Gasteiger partial charge in [0.2, 0.25) is 0 Å². The molecule has 0 aliphatic heterocycles. The van der Waals surface area contributed by atoms with Gasteiger partial charge in [0, 0.05) is 13.2 Å². The van der Waals surface area contributed by atoms with Crippen LogP contribution in [0.1, 0.15) is 37.9 Å². The second-order valence-electron chi connectivity index (χ2n) is 3.68. The first-order valence-electron chi connectivity index (χ1n) is 5.65. The van der Waals surface area contributed by atoms with Crippen LogP contribution in [0.25, 0.3) is 0 Å². The summed E-state index contributed by atoms with van der Waals surface area (Å²) >= 11 is 0. The molecule has 0 aromatic heterocycles. The molecule has 2 nitrogen and oxygen atoms in total. The van der Waals surface area contributed by atoms with Crippen LogP contribution in [0.4, 0.5) is 0 Å². The van der Waals surface area contributed by atoms with Crippen LogP contribution in [0.5, 0.6) is 0 Å². The van der Waals surface area contributed by atoms with E-state index in [1.165, 1.54) is 0 Å². The predicted octanol–water partition coefficient (Wildman–Crippen LogP) is 2.93. The van der Waals surface area contributed by atoms with Crippen molar-refractivity contribution in [2.75, 3.05) is 13.2 Å². The highest BCUT2D eigenvalue weighted by atomic mass is 16.5. The van der Waals surface area contributed by atoms with Gasteiger partial charge >= 0.3 is 0 Å². The number of aliphatic hydroxyl groups is 1. The van der Waals surface area contributed by atoms with Crippen LogP contribution in [-0.2, 0) is 4.74 Å². The molecule has 0 fully saturated rings. The van der Waals surface area contributed by atoms with Gasteiger partial charge in [0.05, 0.1) is 6.10 Å². The Hall–Kier alpha value is -0.860. The molecule has 0 saturated carbocycles. The molecule has 84 valence electrons. The second-order valence-corrected chi connectivity index (χ2v) is 3.68. The Morgan fingerprint density at radius 2 is 1.93 bits per heavy atom. The van der Waals surface area contributed by atoms with E-state index in [1.807, 2.05) is 30.3 Å². The summed E-state index contributed by atoms with van der Waals surface area (Å²) in [6.07, 6.45) is 2.39. The van der Waals surface area contributed by atoms with E-state index in [1.54, 1.807) is 0 Å². The quantitative estimate of drug-likeness (QED) is 0.698. The van der Waals surface area contributed by atoms with Crippen LogP contribution in [0.15, 0.2) is 30.3 Å². The molecule has 0 aliphatic rings. The Morgan fingerprint density at radius 3 is 2.60 bits per heavy atom. The predicted molar refractivity (Wildman–Crippen MR) is 61.7 cm³/mol. The number of aliphatic hydroxyl groups excluding tert-OH is 1. The van der Waals surface area contributed by atoms with Crippen molar-refractivity contribution >= 4 is 0 Å². The summed E-state index contributed by atoms with van der Waals surface area (Å²) in [7, 11) is 0. The molecule has 1 aromatic rings. The summed E-state index contributed by atoms with van der Waals surface area (Å²) < 4.78 is 5.36. The lowest BCUT2D eigenvalue weighted by molar-refractivity contribution is 0.107. The Kier molecular flexibility index (Phi) is 6.05. The maximum atomic E-state index is 9.82. The fourth-order valence-corrected chi connectivity index (χ4v) is 1.47. The maximum absolute atomic E-state index is 9.82. The molecule has 2 heteroatoms. The Balaban J connectivity index is 2.16. The standard InChI is InChI=1S/C13H20O2/c1-2-10-15-11-6-9-13(14)12-7-4-3-5-8-12/h3-5,7-8,13-14H,2,6,9-11H2,1H3. The molecule has 0 amide bonds. The molecule has 1 N–H and O–H groups in total. The molecule has 0 saturated heterocycles. The molecule has 1 aromatic carbocycles. The van der Waals surface area contributed by atoms with Crippen LogP contribution in [-0.4, -0.2) is 18.3 Å². The minimum Gasteiger partial charge on any atom is -0.388 e. The summed E-state index contributed by atoms with van der Waals surface area (Å²) in [6, 6.07) is 9.77. The molecule has 15 heavy (non-hydrogen) atoms. The van der Waals surface area contributed by atoms with Gasteiger partial charge in [0.25, 0.3) is 0 Å². The summed E-state index contributed by atoms with van der Waals surface area (Å²) in [4.78, 5) is 0. The van der Waals surface area contributed by atoms with Crippen molar-refractivity contribution in [2.45, 2.75) is 32.3 Å². The highest BCUT2D eigenvalue weighted by molar-refractivity contribution is 5.16. The van der Waals surface area contributed by atoms with E-state index < -0.39 is 0 Å². The van der Waals surface area contributed by atoms with E-state index >= 15 is 0 Å². The summed E-state index contributed by atoms with van der Waals surface area (Å²) in [5.41, 5.74) is 0.994. The normalized spacial score (nSPS) is 12.7. The minimum absolute atomic E-state index is 0.351. The van der Waals surface area contributed by atoms with E-state index in [-0.39, 0.29) is 6.10 Å². The molecule has 0 bridgehead atoms. The fourth-order valence-electron chi connectivity index (χ4n) is 1.47. The van der Waals surface area contributed by atoms with Crippen molar-refractivity contribution in [3.63, 3.8) is 0 Å². The largest absolute Gasteiger partial charge is 0.388 e. The van der Waals surface area contributed by atoms with Gasteiger partial charge in [-0.25, -0.2) is 0 Å². The Bertz CT molecular complexity index is 246. The van der Waals surface area contributed by atoms with Crippen LogP contribution < -0.4 is 0 Å². The monoisotopic (exact) mass is 208 g/mol. The van der Waals surface area contributed by atoms with Crippen molar-refractivity contribution in [1.29, 1.82) is 0 Å². The van der Waals surface area contributed by atoms with E-state index in [2.05, 4.69) is 6.92 Å². The van der Waals surface area contributed by atoms with Crippen LogP contribution in [0.3, 0.4) is 0 Å². The van der Waals surface area contributed by atoms with Gasteiger partial charge < -0.3 is 9.84 Å². The molecule has 0 radical (unpaired) electrons. The van der Waals surface area contributed by atoms with Crippen LogP contribution in [0.2, 0.25) is 0 Å². The Labute approximate surface area is 91.9 Å². The fraction of sp³-hybridized carbons (Fsp3) is 0.538. The average molecular weight is 208 g/mol. The highest BCUT2D eigenvalue weighted by Crippen LogP contribution is 2.17. The molecule has 1 rings (SSSR count). The third-order valence-corrected chi connectivity index (χ3v) is 2.30. The van der Waals surface area contributed by atoms with Crippen molar-refractivity contribution < 1.29 is 9.84 Å². The van der Waals surface area contributed by atoms with E-state index in [0.717, 1.165) is 38.0 Å². The average Bonchev–Trinajstić information content (AvgIpc) is 2.30. The first-order chi connectivity index (χ1) is 7.34. The van der Waals surface area contributed by atoms with E-state index in [9.17, 15) is 5.11 Å². The number of ether oxygens (including phenoxy) is 1. The maximum Gasteiger partial charge on any atom is 0.0790 e. The molecule has 1 atom stereocenters. The van der Waals surface area contributed by atoms with Gasteiger partial charge in [-0.1, -0.05) is 37.3 Å². The summed E-state index contributed by atoms with van der Waals surface area (Å²) in [5.74, 6) is 0. The highest BCUT2D eigenvalue weighted by Gasteiger charge is 2.05. The van der Waals surface area contributed by atoms with Gasteiger partial charge in [-0.15, -0.1) is 0 Å². The minimum atomic E-state index is -0.351. The van der Waals surface area contributed by atoms with Crippen molar-refractivity contribution in [2.24, 2.45) is 0 Å². The number of hydrogen-bond donors (Lipinski definition) is 1. The lowest BCUT2D eigenvalue weighted by Gasteiger charge is -2.10. The van der Waals surface area contributed by atoms with Crippen molar-refractivity contribution in [1.82, 2.24) is 0 Å². The van der Waals surface area contributed by atoms with Crippen LogP contribution in [0, 0.1) is 0 Å². The molecule has 0 aliphatic carbocycles.